The van der Waals surface area contributed by atoms with Crippen LogP contribution >= 0.6 is 11.6 Å². The molecular weight excluding hydrogens is 312 g/mol. The molecule has 1 heterocycles. The maximum Gasteiger partial charge on any atom is 0.268 e. The molecule has 3 aromatic rings. The average Bonchev–Trinajstić information content (AvgIpc) is 3.09. The van der Waals surface area contributed by atoms with Crippen LogP contribution in [-0.4, -0.2) is 22.0 Å². The number of carbonyl (C=O) groups excluding carboxylic acids is 1. The summed E-state index contributed by atoms with van der Waals surface area (Å²) in [6.07, 6.45) is -0.0382. The zero-order valence-electron chi connectivity index (χ0n) is 12.2. The minimum atomic E-state index is -0.672. The van der Waals surface area contributed by atoms with Crippen LogP contribution in [0.4, 0.5) is 0 Å². The van der Waals surface area contributed by atoms with Crippen molar-refractivity contribution in [2.75, 3.05) is 0 Å². The lowest BCUT2D eigenvalue weighted by Gasteiger charge is -2.16. The molecule has 2 aromatic carbocycles. The smallest absolute Gasteiger partial charge is 0.268 e. The van der Waals surface area contributed by atoms with Crippen LogP contribution in [0.3, 0.4) is 0 Å². The van der Waals surface area contributed by atoms with Crippen molar-refractivity contribution in [1.29, 1.82) is 0 Å². The van der Waals surface area contributed by atoms with Crippen molar-refractivity contribution < 1.29 is 9.90 Å². The fraction of sp³-hybridized carbons (Fsp3) is 0.167. The van der Waals surface area contributed by atoms with Crippen molar-refractivity contribution in [2.24, 2.45) is 0 Å². The van der Waals surface area contributed by atoms with Gasteiger partial charge in [0.2, 0.25) is 0 Å². The van der Waals surface area contributed by atoms with Crippen molar-refractivity contribution >= 4 is 28.4 Å². The monoisotopic (exact) mass is 326 g/mol. The highest BCUT2D eigenvalue weighted by Gasteiger charge is 2.32. The molecule has 0 saturated heterocycles. The van der Waals surface area contributed by atoms with Gasteiger partial charge in [-0.3, -0.25) is 4.79 Å². The van der Waals surface area contributed by atoms with Gasteiger partial charge < -0.3 is 15.4 Å². The van der Waals surface area contributed by atoms with Crippen LogP contribution < -0.4 is 5.32 Å². The number of amides is 1. The first-order valence-corrected chi connectivity index (χ1v) is 7.84. The van der Waals surface area contributed by atoms with E-state index in [4.69, 9.17) is 11.6 Å². The fourth-order valence-electron chi connectivity index (χ4n) is 3.18. The van der Waals surface area contributed by atoms with Gasteiger partial charge in [-0.1, -0.05) is 35.9 Å². The molecule has 1 aromatic heterocycles. The third kappa shape index (κ3) is 2.50. The molecule has 0 saturated carbocycles. The third-order valence-electron chi connectivity index (χ3n) is 4.34. The Hall–Kier alpha value is -2.30. The summed E-state index contributed by atoms with van der Waals surface area (Å²) in [5.41, 5.74) is 3.29. The van der Waals surface area contributed by atoms with E-state index in [2.05, 4.69) is 10.3 Å². The molecule has 1 amide bonds. The van der Waals surface area contributed by atoms with E-state index in [1.54, 1.807) is 12.1 Å². The Kier molecular flexibility index (Phi) is 3.36. The number of aromatic nitrogens is 1. The summed E-state index contributed by atoms with van der Waals surface area (Å²) in [5, 5.41) is 14.8. The zero-order chi connectivity index (χ0) is 16.0. The van der Waals surface area contributed by atoms with Gasteiger partial charge in [0.25, 0.3) is 5.91 Å². The number of aliphatic hydroxyl groups is 1. The second-order valence-electron chi connectivity index (χ2n) is 5.84. The third-order valence-corrected chi connectivity index (χ3v) is 4.57. The standard InChI is InChI=1S/C18H15ClN2O2/c19-12-5-6-14-11(7-12)9-16(20-14)18(23)21-15-8-10-3-1-2-4-13(10)17(15)22/h1-7,9,15,17,20,22H,8H2,(H,21,23). The second kappa shape index (κ2) is 5.41. The number of carbonyl (C=O) groups is 1. The lowest BCUT2D eigenvalue weighted by atomic mass is 10.1. The summed E-state index contributed by atoms with van der Waals surface area (Å²) in [6, 6.07) is 14.6. The van der Waals surface area contributed by atoms with Gasteiger partial charge in [-0.2, -0.15) is 0 Å². The molecule has 4 nitrogen and oxygen atoms in total. The van der Waals surface area contributed by atoms with Gasteiger partial charge in [0.1, 0.15) is 5.69 Å². The first-order valence-electron chi connectivity index (χ1n) is 7.47. The summed E-state index contributed by atoms with van der Waals surface area (Å²) in [5.74, 6) is -0.228. The van der Waals surface area contributed by atoms with E-state index in [9.17, 15) is 9.90 Å². The Morgan fingerprint density at radius 3 is 2.87 bits per heavy atom. The number of benzene rings is 2. The largest absolute Gasteiger partial charge is 0.386 e. The SMILES string of the molecule is O=C(NC1Cc2ccccc2C1O)c1cc2cc(Cl)ccc2[nH]1. The molecule has 4 rings (SSSR count). The predicted molar refractivity (Wildman–Crippen MR) is 89.7 cm³/mol. The van der Waals surface area contributed by atoms with Gasteiger partial charge in [-0.05, 0) is 41.8 Å². The lowest BCUT2D eigenvalue weighted by molar-refractivity contribution is 0.0854. The zero-order valence-corrected chi connectivity index (χ0v) is 13.0. The highest BCUT2D eigenvalue weighted by molar-refractivity contribution is 6.31. The molecule has 23 heavy (non-hydrogen) atoms. The van der Waals surface area contributed by atoms with Crippen LogP contribution in [0.5, 0.6) is 0 Å². The second-order valence-corrected chi connectivity index (χ2v) is 6.28. The Morgan fingerprint density at radius 1 is 1.22 bits per heavy atom. The first-order chi connectivity index (χ1) is 11.1. The highest BCUT2D eigenvalue weighted by atomic mass is 35.5. The Balaban J connectivity index is 1.56. The molecule has 3 N–H and O–H groups in total. The molecule has 5 heteroatoms. The van der Waals surface area contributed by atoms with Gasteiger partial charge in [-0.15, -0.1) is 0 Å². The Bertz CT molecular complexity index is 903. The van der Waals surface area contributed by atoms with E-state index in [0.717, 1.165) is 22.0 Å². The summed E-state index contributed by atoms with van der Waals surface area (Å²) >= 11 is 5.97. The van der Waals surface area contributed by atoms with E-state index in [1.807, 2.05) is 36.4 Å². The maximum absolute atomic E-state index is 12.5. The summed E-state index contributed by atoms with van der Waals surface area (Å²) in [6.45, 7) is 0. The minimum Gasteiger partial charge on any atom is -0.386 e. The molecule has 2 unspecified atom stereocenters. The molecule has 1 aliphatic rings. The summed E-state index contributed by atoms with van der Waals surface area (Å²) in [4.78, 5) is 15.5. The van der Waals surface area contributed by atoms with Crippen LogP contribution in [0.2, 0.25) is 5.02 Å². The highest BCUT2D eigenvalue weighted by Crippen LogP contribution is 2.31. The fourth-order valence-corrected chi connectivity index (χ4v) is 3.36. The van der Waals surface area contributed by atoms with Crippen LogP contribution in [0.15, 0.2) is 48.5 Å². The number of halogens is 1. The van der Waals surface area contributed by atoms with E-state index >= 15 is 0 Å². The van der Waals surface area contributed by atoms with E-state index < -0.39 is 6.10 Å². The maximum atomic E-state index is 12.5. The first kappa shape index (κ1) is 14.3. The number of rotatable bonds is 2. The number of fused-ring (bicyclic) bond motifs is 2. The van der Waals surface area contributed by atoms with Crippen molar-refractivity contribution in [3.05, 3.63) is 70.4 Å². The minimum absolute atomic E-state index is 0.228. The van der Waals surface area contributed by atoms with Crippen molar-refractivity contribution in [1.82, 2.24) is 10.3 Å². The molecule has 0 bridgehead atoms. The summed E-state index contributed by atoms with van der Waals surface area (Å²) < 4.78 is 0. The van der Waals surface area contributed by atoms with Gasteiger partial charge in [0, 0.05) is 15.9 Å². The number of hydrogen-bond acceptors (Lipinski definition) is 2. The van der Waals surface area contributed by atoms with Crippen molar-refractivity contribution in [3.8, 4) is 0 Å². The van der Waals surface area contributed by atoms with Crippen molar-refractivity contribution in [3.63, 3.8) is 0 Å². The molecule has 0 aliphatic heterocycles. The molecule has 0 radical (unpaired) electrons. The van der Waals surface area contributed by atoms with Gasteiger partial charge in [0.05, 0.1) is 12.1 Å². The molecule has 116 valence electrons. The van der Waals surface area contributed by atoms with E-state index in [-0.39, 0.29) is 11.9 Å². The van der Waals surface area contributed by atoms with Crippen LogP contribution in [0.25, 0.3) is 10.9 Å². The molecular formula is C18H15ClN2O2. The number of aliphatic hydroxyl groups excluding tert-OH is 1. The van der Waals surface area contributed by atoms with Gasteiger partial charge in [0.15, 0.2) is 0 Å². The quantitative estimate of drug-likeness (QED) is 0.677. The Labute approximate surface area is 138 Å². The number of hydrogen-bond donors (Lipinski definition) is 3. The average molecular weight is 327 g/mol. The molecule has 0 fully saturated rings. The molecule has 0 spiro atoms. The molecule has 2 atom stereocenters. The Morgan fingerprint density at radius 2 is 2.04 bits per heavy atom. The number of nitrogens with one attached hydrogen (secondary N) is 2. The van der Waals surface area contributed by atoms with E-state index in [0.29, 0.717) is 17.1 Å². The molecule has 1 aliphatic carbocycles. The van der Waals surface area contributed by atoms with E-state index in [1.165, 1.54) is 0 Å². The number of H-pyrrole nitrogens is 1. The normalized spacial score (nSPS) is 19.7. The van der Waals surface area contributed by atoms with Crippen LogP contribution in [0, 0.1) is 0 Å². The van der Waals surface area contributed by atoms with Crippen molar-refractivity contribution in [2.45, 2.75) is 18.6 Å². The lowest BCUT2D eigenvalue weighted by Crippen LogP contribution is -2.37. The topological polar surface area (TPSA) is 65.1 Å². The predicted octanol–water partition coefficient (Wildman–Crippen LogP) is 3.21. The van der Waals surface area contributed by atoms with Gasteiger partial charge >= 0.3 is 0 Å². The summed E-state index contributed by atoms with van der Waals surface area (Å²) in [7, 11) is 0. The van der Waals surface area contributed by atoms with Crippen LogP contribution in [0.1, 0.15) is 27.7 Å². The number of aromatic amines is 1. The van der Waals surface area contributed by atoms with Gasteiger partial charge in [-0.25, -0.2) is 0 Å². The van der Waals surface area contributed by atoms with Crippen LogP contribution in [-0.2, 0) is 6.42 Å².